The van der Waals surface area contributed by atoms with E-state index in [-0.39, 0.29) is 29.0 Å². The van der Waals surface area contributed by atoms with Crippen LogP contribution in [0.5, 0.6) is 5.75 Å². The molecular formula is C31H39N3O5S. The molecule has 8 nitrogen and oxygen atoms in total. The Morgan fingerprint density at radius 3 is 2.20 bits per heavy atom. The lowest BCUT2D eigenvalue weighted by atomic mass is 10.1. The van der Waals surface area contributed by atoms with Crippen LogP contribution in [0.2, 0.25) is 0 Å². The SMILES string of the molecule is COc1ccc(C)cc1N(CC(=O)N(Cc1cccc(C)c1)[C@H](C)C(=O)NCC(C)C)S(=O)(=O)c1ccccc1. The molecule has 0 aliphatic carbocycles. The molecule has 2 amide bonds. The lowest BCUT2D eigenvalue weighted by molar-refractivity contribution is -0.139. The van der Waals surface area contributed by atoms with Gasteiger partial charge in [0, 0.05) is 13.1 Å². The van der Waals surface area contributed by atoms with Gasteiger partial charge in [0.1, 0.15) is 18.3 Å². The molecule has 0 heterocycles. The molecule has 0 aromatic heterocycles. The number of benzene rings is 3. The summed E-state index contributed by atoms with van der Waals surface area (Å²) in [6.07, 6.45) is 0. The van der Waals surface area contributed by atoms with Gasteiger partial charge in [-0.3, -0.25) is 13.9 Å². The van der Waals surface area contributed by atoms with E-state index >= 15 is 0 Å². The Morgan fingerprint density at radius 1 is 0.900 bits per heavy atom. The molecule has 1 atom stereocenters. The van der Waals surface area contributed by atoms with E-state index in [0.717, 1.165) is 21.0 Å². The molecule has 0 saturated carbocycles. The molecular weight excluding hydrogens is 526 g/mol. The minimum Gasteiger partial charge on any atom is -0.495 e. The van der Waals surface area contributed by atoms with Gasteiger partial charge in [-0.2, -0.15) is 0 Å². The lowest BCUT2D eigenvalue weighted by Crippen LogP contribution is -2.51. The zero-order chi connectivity index (χ0) is 29.4. The Hall–Kier alpha value is -3.85. The van der Waals surface area contributed by atoms with Gasteiger partial charge in [0.2, 0.25) is 11.8 Å². The second-order valence-corrected chi connectivity index (χ2v) is 12.2. The number of hydrogen-bond donors (Lipinski definition) is 1. The van der Waals surface area contributed by atoms with Crippen LogP contribution in [-0.2, 0) is 26.2 Å². The second kappa shape index (κ2) is 13.5. The number of nitrogens with one attached hydrogen (secondary N) is 1. The Balaban J connectivity index is 2.07. The third-order valence-electron chi connectivity index (χ3n) is 6.50. The molecule has 0 aliphatic heterocycles. The van der Waals surface area contributed by atoms with Crippen molar-refractivity contribution in [1.29, 1.82) is 0 Å². The van der Waals surface area contributed by atoms with Crippen LogP contribution < -0.4 is 14.4 Å². The van der Waals surface area contributed by atoms with Crippen molar-refractivity contribution in [2.75, 3.05) is 24.5 Å². The maximum absolute atomic E-state index is 14.1. The molecule has 0 aliphatic rings. The summed E-state index contributed by atoms with van der Waals surface area (Å²) >= 11 is 0. The number of amides is 2. The second-order valence-electron chi connectivity index (χ2n) is 10.3. The van der Waals surface area contributed by atoms with Gasteiger partial charge in [-0.15, -0.1) is 0 Å². The number of sulfonamides is 1. The van der Waals surface area contributed by atoms with E-state index in [4.69, 9.17) is 4.74 Å². The van der Waals surface area contributed by atoms with E-state index in [1.807, 2.05) is 58.0 Å². The van der Waals surface area contributed by atoms with Crippen LogP contribution in [0, 0.1) is 19.8 Å². The molecule has 0 unspecified atom stereocenters. The summed E-state index contributed by atoms with van der Waals surface area (Å²) in [5, 5.41) is 2.90. The molecule has 40 heavy (non-hydrogen) atoms. The number of anilines is 1. The summed E-state index contributed by atoms with van der Waals surface area (Å²) in [6.45, 7) is 9.50. The first-order valence-electron chi connectivity index (χ1n) is 13.3. The van der Waals surface area contributed by atoms with Crippen LogP contribution in [0.1, 0.15) is 37.5 Å². The predicted octanol–water partition coefficient (Wildman–Crippen LogP) is 4.70. The summed E-state index contributed by atoms with van der Waals surface area (Å²) in [6, 6.07) is 20.0. The Labute approximate surface area is 238 Å². The van der Waals surface area contributed by atoms with E-state index < -0.39 is 28.5 Å². The fourth-order valence-electron chi connectivity index (χ4n) is 4.27. The number of carbonyl (C=O) groups is 2. The van der Waals surface area contributed by atoms with Gasteiger partial charge in [-0.25, -0.2) is 8.42 Å². The number of ether oxygens (including phenoxy) is 1. The molecule has 0 fully saturated rings. The van der Waals surface area contributed by atoms with E-state index in [1.54, 1.807) is 37.3 Å². The molecule has 0 spiro atoms. The normalized spacial score (nSPS) is 12.1. The quantitative estimate of drug-likeness (QED) is 0.344. The first kappa shape index (κ1) is 30.7. The summed E-state index contributed by atoms with van der Waals surface area (Å²) < 4.78 is 34.5. The maximum Gasteiger partial charge on any atom is 0.264 e. The minimum absolute atomic E-state index is 0.0410. The average Bonchev–Trinajstić information content (AvgIpc) is 2.93. The Kier molecular flexibility index (Phi) is 10.3. The van der Waals surface area contributed by atoms with E-state index in [1.165, 1.54) is 24.1 Å². The molecule has 0 radical (unpaired) electrons. The van der Waals surface area contributed by atoms with Gasteiger partial charge in [-0.1, -0.05) is 67.9 Å². The smallest absolute Gasteiger partial charge is 0.264 e. The van der Waals surface area contributed by atoms with E-state index in [9.17, 15) is 18.0 Å². The third kappa shape index (κ3) is 7.63. The molecule has 3 rings (SSSR count). The van der Waals surface area contributed by atoms with Crippen molar-refractivity contribution in [3.8, 4) is 5.75 Å². The average molecular weight is 566 g/mol. The number of hydrogen-bond acceptors (Lipinski definition) is 5. The van der Waals surface area contributed by atoms with E-state index in [0.29, 0.717) is 12.3 Å². The molecule has 1 N–H and O–H groups in total. The van der Waals surface area contributed by atoms with Crippen LogP contribution in [0.4, 0.5) is 5.69 Å². The van der Waals surface area contributed by atoms with Crippen LogP contribution in [0.3, 0.4) is 0 Å². The van der Waals surface area contributed by atoms with Crippen molar-refractivity contribution < 1.29 is 22.7 Å². The summed E-state index contributed by atoms with van der Waals surface area (Å²) in [5.74, 6) is -0.277. The highest BCUT2D eigenvalue weighted by Gasteiger charge is 2.33. The number of nitrogens with zero attached hydrogens (tertiary/aromatic N) is 2. The first-order valence-corrected chi connectivity index (χ1v) is 14.7. The highest BCUT2D eigenvalue weighted by atomic mass is 32.2. The lowest BCUT2D eigenvalue weighted by Gasteiger charge is -2.32. The maximum atomic E-state index is 14.1. The van der Waals surface area contributed by atoms with Crippen molar-refractivity contribution in [2.24, 2.45) is 5.92 Å². The molecule has 3 aromatic rings. The van der Waals surface area contributed by atoms with Crippen LogP contribution in [0.25, 0.3) is 0 Å². The van der Waals surface area contributed by atoms with Gasteiger partial charge >= 0.3 is 0 Å². The van der Waals surface area contributed by atoms with Crippen molar-refractivity contribution >= 4 is 27.5 Å². The third-order valence-corrected chi connectivity index (χ3v) is 8.27. The van der Waals surface area contributed by atoms with Gasteiger partial charge in [0.05, 0.1) is 17.7 Å². The van der Waals surface area contributed by atoms with Crippen LogP contribution in [-0.4, -0.2) is 51.4 Å². The number of rotatable bonds is 12. The summed E-state index contributed by atoms with van der Waals surface area (Å²) in [4.78, 5) is 28.6. The molecule has 9 heteroatoms. The topological polar surface area (TPSA) is 96.0 Å². The fourth-order valence-corrected chi connectivity index (χ4v) is 5.71. The molecule has 0 bridgehead atoms. The monoisotopic (exact) mass is 565 g/mol. The number of aryl methyl sites for hydroxylation is 2. The fraction of sp³-hybridized carbons (Fsp3) is 0.355. The van der Waals surface area contributed by atoms with Crippen LogP contribution >= 0.6 is 0 Å². The number of methoxy groups -OCH3 is 1. The Morgan fingerprint density at radius 2 is 1.57 bits per heavy atom. The summed E-state index contributed by atoms with van der Waals surface area (Å²) in [7, 11) is -2.72. The molecule has 0 saturated heterocycles. The van der Waals surface area contributed by atoms with Gasteiger partial charge in [-0.05, 0) is 62.1 Å². The zero-order valence-electron chi connectivity index (χ0n) is 24.0. The molecule has 3 aromatic carbocycles. The highest BCUT2D eigenvalue weighted by Crippen LogP contribution is 2.33. The van der Waals surface area contributed by atoms with E-state index in [2.05, 4.69) is 5.32 Å². The highest BCUT2D eigenvalue weighted by molar-refractivity contribution is 7.92. The van der Waals surface area contributed by atoms with Crippen molar-refractivity contribution in [3.05, 3.63) is 89.5 Å². The Bertz CT molecular complexity index is 1420. The van der Waals surface area contributed by atoms with Gasteiger partial charge in [0.25, 0.3) is 10.0 Å². The van der Waals surface area contributed by atoms with Crippen molar-refractivity contribution in [3.63, 3.8) is 0 Å². The van der Waals surface area contributed by atoms with Crippen LogP contribution in [0.15, 0.2) is 77.7 Å². The van der Waals surface area contributed by atoms with Gasteiger partial charge < -0.3 is 15.0 Å². The predicted molar refractivity (Wildman–Crippen MR) is 158 cm³/mol. The standard InChI is InChI=1S/C31H39N3O5S/c1-22(2)19-32-31(36)25(5)33(20-26-12-10-11-23(3)17-26)30(35)21-34(28-18-24(4)15-16-29(28)39-6)40(37,38)27-13-8-7-9-14-27/h7-18,22,25H,19-21H2,1-6H3,(H,32,36)/t25-/m1/s1. The number of carbonyl (C=O) groups excluding carboxylic acids is 2. The minimum atomic E-state index is -4.17. The van der Waals surface area contributed by atoms with Gasteiger partial charge in [0.15, 0.2) is 0 Å². The largest absolute Gasteiger partial charge is 0.495 e. The van der Waals surface area contributed by atoms with Crippen molar-refractivity contribution in [2.45, 2.75) is 52.1 Å². The molecule has 214 valence electrons. The summed E-state index contributed by atoms with van der Waals surface area (Å²) in [5.41, 5.74) is 2.89. The van der Waals surface area contributed by atoms with Crippen molar-refractivity contribution in [1.82, 2.24) is 10.2 Å². The first-order chi connectivity index (χ1) is 18.9. The zero-order valence-corrected chi connectivity index (χ0v) is 24.9.